The van der Waals surface area contributed by atoms with Crippen LogP contribution in [0.3, 0.4) is 0 Å². The number of nitrogens with two attached hydrogens (primary N) is 1. The van der Waals surface area contributed by atoms with Gasteiger partial charge in [-0.25, -0.2) is 10.8 Å². The fourth-order valence-corrected chi connectivity index (χ4v) is 4.01. The van der Waals surface area contributed by atoms with E-state index in [2.05, 4.69) is 33.1 Å². The second kappa shape index (κ2) is 8.77. The molecule has 4 N–H and O–H groups in total. The van der Waals surface area contributed by atoms with Gasteiger partial charge in [0.25, 0.3) is 0 Å². The monoisotopic (exact) mass is 404 g/mol. The second-order valence-corrected chi connectivity index (χ2v) is 7.99. The summed E-state index contributed by atoms with van der Waals surface area (Å²) in [6.45, 7) is 4.58. The van der Waals surface area contributed by atoms with Crippen LogP contribution in [-0.2, 0) is 6.54 Å². The van der Waals surface area contributed by atoms with Crippen molar-refractivity contribution in [2.75, 3.05) is 16.9 Å². The van der Waals surface area contributed by atoms with Gasteiger partial charge in [0.05, 0.1) is 17.7 Å². The quantitative estimate of drug-likeness (QED) is 0.313. The Kier molecular flexibility index (Phi) is 5.92. The molecular formula is C23H28N6O. The van der Waals surface area contributed by atoms with Crippen LogP contribution in [-0.4, -0.2) is 33.9 Å². The molecule has 1 saturated carbocycles. The second-order valence-electron chi connectivity index (χ2n) is 7.99. The van der Waals surface area contributed by atoms with Crippen molar-refractivity contribution >= 4 is 34.9 Å². The number of rotatable bonds is 7. The van der Waals surface area contributed by atoms with E-state index in [-0.39, 0.29) is 0 Å². The molecule has 0 atom stereocenters. The van der Waals surface area contributed by atoms with Gasteiger partial charge in [-0.05, 0) is 55.5 Å². The van der Waals surface area contributed by atoms with Crippen molar-refractivity contribution in [1.82, 2.24) is 9.97 Å². The lowest BCUT2D eigenvalue weighted by atomic mass is 9.85. The van der Waals surface area contributed by atoms with Crippen LogP contribution in [0.4, 0.5) is 17.3 Å². The predicted molar refractivity (Wildman–Crippen MR) is 122 cm³/mol. The summed E-state index contributed by atoms with van der Waals surface area (Å²) < 4.78 is 0. The molecule has 0 amide bonds. The molecule has 0 aliphatic heterocycles. The van der Waals surface area contributed by atoms with Crippen LogP contribution in [0.25, 0.3) is 10.9 Å². The molecule has 1 aromatic carbocycles. The van der Waals surface area contributed by atoms with Gasteiger partial charge in [0.15, 0.2) is 5.82 Å². The van der Waals surface area contributed by atoms with Crippen molar-refractivity contribution in [3.05, 3.63) is 54.2 Å². The summed E-state index contributed by atoms with van der Waals surface area (Å²) in [6.07, 6.45) is 6.74. The highest BCUT2D eigenvalue weighted by Crippen LogP contribution is 2.30. The van der Waals surface area contributed by atoms with E-state index in [0.717, 1.165) is 42.1 Å². The summed E-state index contributed by atoms with van der Waals surface area (Å²) in [7, 11) is 0. The van der Waals surface area contributed by atoms with Gasteiger partial charge >= 0.3 is 0 Å². The molecule has 2 aromatic heterocycles. The lowest BCUT2D eigenvalue weighted by molar-refractivity contribution is 0.0166. The Morgan fingerprint density at radius 2 is 2.00 bits per heavy atom. The lowest BCUT2D eigenvalue weighted by Gasteiger charge is -2.32. The van der Waals surface area contributed by atoms with Gasteiger partial charge < -0.3 is 10.4 Å². The summed E-state index contributed by atoms with van der Waals surface area (Å²) in [6, 6.07) is 13.7. The zero-order valence-electron chi connectivity index (χ0n) is 17.1. The molecule has 1 aliphatic rings. The number of hydrazine groups is 1. The van der Waals surface area contributed by atoms with Gasteiger partial charge in [-0.2, -0.15) is 0 Å². The molecule has 0 saturated heterocycles. The molecule has 156 valence electrons. The van der Waals surface area contributed by atoms with E-state index in [4.69, 9.17) is 5.84 Å². The Hall–Kier alpha value is -3.03. The van der Waals surface area contributed by atoms with Crippen LogP contribution in [0, 0.1) is 0 Å². The predicted octanol–water partition coefficient (Wildman–Crippen LogP) is 3.95. The summed E-state index contributed by atoms with van der Waals surface area (Å²) in [5, 5.41) is 16.6. The van der Waals surface area contributed by atoms with Crippen molar-refractivity contribution in [1.29, 1.82) is 0 Å². The first-order valence-corrected chi connectivity index (χ1v) is 10.4. The minimum absolute atomic E-state index is 0.466. The Bertz CT molecular complexity index is 1030. The number of aromatic nitrogens is 2. The number of nitrogens with one attached hydrogen (secondary N) is 1. The third-order valence-electron chi connectivity index (χ3n) is 5.70. The third kappa shape index (κ3) is 4.58. The molecule has 2 heterocycles. The molecule has 7 heteroatoms. The molecule has 0 spiro atoms. The van der Waals surface area contributed by atoms with Gasteiger partial charge in [0, 0.05) is 18.1 Å². The summed E-state index contributed by atoms with van der Waals surface area (Å²) in [5.41, 5.74) is 1.94. The van der Waals surface area contributed by atoms with Gasteiger partial charge in [-0.3, -0.25) is 15.0 Å². The van der Waals surface area contributed by atoms with E-state index in [9.17, 15) is 5.11 Å². The van der Waals surface area contributed by atoms with Crippen LogP contribution in [0.5, 0.6) is 0 Å². The first kappa shape index (κ1) is 20.3. The molecule has 1 fully saturated rings. The summed E-state index contributed by atoms with van der Waals surface area (Å²) in [5.74, 6) is 7.57. The van der Waals surface area contributed by atoms with Crippen molar-refractivity contribution in [3.63, 3.8) is 0 Å². The Labute approximate surface area is 176 Å². The largest absolute Gasteiger partial charge is 0.388 e. The average Bonchev–Trinajstić information content (AvgIpc) is 2.78. The number of hydrogen-bond donors (Lipinski definition) is 3. The Balaban J connectivity index is 1.50. The van der Waals surface area contributed by atoms with Crippen LogP contribution in [0.2, 0.25) is 0 Å². The van der Waals surface area contributed by atoms with Gasteiger partial charge in [0.1, 0.15) is 11.5 Å². The molecule has 0 unspecified atom stereocenters. The summed E-state index contributed by atoms with van der Waals surface area (Å²) >= 11 is 0. The maximum Gasteiger partial charge on any atom is 0.171 e. The van der Waals surface area contributed by atoms with Gasteiger partial charge in [-0.1, -0.05) is 31.4 Å². The first-order chi connectivity index (χ1) is 14.6. The topological polar surface area (TPSA) is 99.7 Å². The van der Waals surface area contributed by atoms with Crippen molar-refractivity contribution in [2.45, 2.75) is 44.2 Å². The zero-order chi connectivity index (χ0) is 21.0. The summed E-state index contributed by atoms with van der Waals surface area (Å²) in [4.78, 5) is 13.1. The zero-order valence-corrected chi connectivity index (χ0v) is 17.1. The molecule has 7 nitrogen and oxygen atoms in total. The number of fused-ring (bicyclic) bond motifs is 1. The third-order valence-corrected chi connectivity index (χ3v) is 5.70. The van der Waals surface area contributed by atoms with Crippen LogP contribution >= 0.6 is 0 Å². The van der Waals surface area contributed by atoms with E-state index in [1.165, 1.54) is 6.42 Å². The van der Waals surface area contributed by atoms with E-state index in [1.807, 2.05) is 36.4 Å². The van der Waals surface area contributed by atoms with Gasteiger partial charge in [-0.15, -0.1) is 0 Å². The average molecular weight is 405 g/mol. The number of hydrogen-bond acceptors (Lipinski definition) is 7. The molecule has 30 heavy (non-hydrogen) atoms. The highest BCUT2D eigenvalue weighted by Gasteiger charge is 2.29. The SMILES string of the molecule is C=Nc1ccc(NCC2(O)CCCCC2)nc1N(N)Cc1ccc2ncccc2c1. The molecular weight excluding hydrogens is 376 g/mol. The number of nitrogens with zero attached hydrogens (tertiary/aromatic N) is 4. The molecule has 0 bridgehead atoms. The minimum Gasteiger partial charge on any atom is -0.388 e. The van der Waals surface area contributed by atoms with E-state index >= 15 is 0 Å². The molecule has 1 aliphatic carbocycles. The fraction of sp³-hybridized carbons (Fsp3) is 0.348. The van der Waals surface area contributed by atoms with Crippen molar-refractivity contribution in [3.8, 4) is 0 Å². The van der Waals surface area contributed by atoms with E-state index in [0.29, 0.717) is 30.4 Å². The number of benzene rings is 1. The molecule has 3 aromatic rings. The van der Waals surface area contributed by atoms with Gasteiger partial charge in [0.2, 0.25) is 0 Å². The highest BCUT2D eigenvalue weighted by molar-refractivity contribution is 5.79. The number of pyridine rings is 2. The number of aliphatic hydroxyl groups is 1. The normalized spacial score (nSPS) is 15.7. The van der Waals surface area contributed by atoms with Crippen molar-refractivity contribution < 1.29 is 5.11 Å². The van der Waals surface area contributed by atoms with Crippen LogP contribution < -0.4 is 16.2 Å². The maximum absolute atomic E-state index is 10.7. The molecule has 4 rings (SSSR count). The van der Waals surface area contributed by atoms with Crippen LogP contribution in [0.15, 0.2) is 53.7 Å². The lowest BCUT2D eigenvalue weighted by Crippen LogP contribution is -2.39. The van der Waals surface area contributed by atoms with E-state index in [1.54, 1.807) is 11.2 Å². The Morgan fingerprint density at radius 1 is 1.17 bits per heavy atom. The van der Waals surface area contributed by atoms with Crippen LogP contribution in [0.1, 0.15) is 37.7 Å². The fourth-order valence-electron chi connectivity index (χ4n) is 4.01. The minimum atomic E-state index is -0.670. The Morgan fingerprint density at radius 3 is 2.80 bits per heavy atom. The smallest absolute Gasteiger partial charge is 0.171 e. The standard InChI is InChI=1S/C23H28N6O/c1-25-20-9-10-21(27-16-23(30)11-3-2-4-12-23)28-22(20)29(24)15-17-7-8-19-18(14-17)6-5-13-26-19/h5-10,13-14,30H,1-4,11-12,15-16,24H2,(H,27,28). The van der Waals surface area contributed by atoms with Crippen molar-refractivity contribution in [2.24, 2.45) is 10.8 Å². The van der Waals surface area contributed by atoms with E-state index < -0.39 is 5.60 Å². The number of anilines is 2. The highest BCUT2D eigenvalue weighted by atomic mass is 16.3. The maximum atomic E-state index is 10.7. The molecule has 0 radical (unpaired) electrons. The first-order valence-electron chi connectivity index (χ1n) is 10.4. The number of aliphatic imine (C=N–C) groups is 1.